The van der Waals surface area contributed by atoms with Crippen LogP contribution in [-0.4, -0.2) is 48.2 Å². The number of amides is 1. The third-order valence-electron chi connectivity index (χ3n) is 3.25. The summed E-state index contributed by atoms with van der Waals surface area (Å²) < 4.78 is 0. The molecule has 1 heterocycles. The van der Waals surface area contributed by atoms with Crippen molar-refractivity contribution in [2.24, 2.45) is 0 Å². The van der Waals surface area contributed by atoms with Crippen LogP contribution in [0.2, 0.25) is 0 Å². The lowest BCUT2D eigenvalue weighted by Crippen LogP contribution is -2.39. The van der Waals surface area contributed by atoms with Crippen LogP contribution < -0.4 is 10.6 Å². The SMILES string of the molecule is CC(C)N(CCO)C(=O)c1ccc2c(c1)NCCN2. The van der Waals surface area contributed by atoms with Crippen molar-refractivity contribution < 1.29 is 9.90 Å². The van der Waals surface area contributed by atoms with Crippen LogP contribution in [0.3, 0.4) is 0 Å². The molecule has 0 bridgehead atoms. The van der Waals surface area contributed by atoms with E-state index in [0.717, 1.165) is 24.5 Å². The van der Waals surface area contributed by atoms with Gasteiger partial charge >= 0.3 is 0 Å². The smallest absolute Gasteiger partial charge is 0.254 e. The van der Waals surface area contributed by atoms with Crippen molar-refractivity contribution in [2.75, 3.05) is 36.9 Å². The Hall–Kier alpha value is -1.75. The topological polar surface area (TPSA) is 64.6 Å². The number of hydrogen-bond donors (Lipinski definition) is 3. The van der Waals surface area contributed by atoms with E-state index in [1.807, 2.05) is 32.0 Å². The van der Waals surface area contributed by atoms with Gasteiger partial charge in [0.25, 0.3) is 5.91 Å². The maximum absolute atomic E-state index is 12.4. The summed E-state index contributed by atoms with van der Waals surface area (Å²) in [7, 11) is 0. The summed E-state index contributed by atoms with van der Waals surface area (Å²) in [6.45, 7) is 5.99. The fourth-order valence-corrected chi connectivity index (χ4v) is 2.24. The van der Waals surface area contributed by atoms with Crippen molar-refractivity contribution in [1.82, 2.24) is 4.90 Å². The predicted octanol–water partition coefficient (Wildman–Crippen LogP) is 1.37. The Bertz CT molecular complexity index is 460. The number of aliphatic hydroxyl groups excluding tert-OH is 1. The van der Waals surface area contributed by atoms with Gasteiger partial charge in [-0.15, -0.1) is 0 Å². The number of aliphatic hydroxyl groups is 1. The van der Waals surface area contributed by atoms with Gasteiger partial charge in [-0.05, 0) is 32.0 Å². The summed E-state index contributed by atoms with van der Waals surface area (Å²) >= 11 is 0. The van der Waals surface area contributed by atoms with E-state index in [1.165, 1.54) is 0 Å². The molecule has 1 amide bonds. The molecule has 0 saturated carbocycles. The number of benzene rings is 1. The first-order valence-corrected chi connectivity index (χ1v) is 6.67. The van der Waals surface area contributed by atoms with Gasteiger partial charge in [-0.1, -0.05) is 0 Å². The summed E-state index contributed by atoms with van der Waals surface area (Å²) in [6, 6.07) is 5.69. The molecule has 5 heteroatoms. The Labute approximate surface area is 113 Å². The Morgan fingerprint density at radius 1 is 1.32 bits per heavy atom. The number of carbonyl (C=O) groups excluding carboxylic acids is 1. The standard InChI is InChI=1S/C14H21N3O2/c1-10(2)17(7-8-18)14(19)11-3-4-12-13(9-11)16-6-5-15-12/h3-4,9-10,15-16,18H,5-8H2,1-2H3. The van der Waals surface area contributed by atoms with E-state index in [0.29, 0.717) is 12.1 Å². The summed E-state index contributed by atoms with van der Waals surface area (Å²) in [5, 5.41) is 15.6. The normalized spacial score (nSPS) is 13.5. The van der Waals surface area contributed by atoms with E-state index >= 15 is 0 Å². The van der Waals surface area contributed by atoms with Crippen LogP contribution >= 0.6 is 0 Å². The molecule has 1 aromatic rings. The molecule has 5 nitrogen and oxygen atoms in total. The maximum Gasteiger partial charge on any atom is 0.254 e. The van der Waals surface area contributed by atoms with Gasteiger partial charge < -0.3 is 20.6 Å². The molecular formula is C14H21N3O2. The summed E-state index contributed by atoms with van der Waals surface area (Å²) in [4.78, 5) is 14.1. The number of rotatable bonds is 4. The van der Waals surface area contributed by atoms with Crippen molar-refractivity contribution >= 4 is 17.3 Å². The number of carbonyl (C=O) groups is 1. The van der Waals surface area contributed by atoms with E-state index in [2.05, 4.69) is 10.6 Å². The molecule has 0 aliphatic carbocycles. The average Bonchev–Trinajstić information content (AvgIpc) is 2.43. The number of nitrogens with one attached hydrogen (secondary N) is 2. The molecule has 0 saturated heterocycles. The minimum Gasteiger partial charge on any atom is -0.395 e. The molecule has 1 aliphatic rings. The van der Waals surface area contributed by atoms with E-state index < -0.39 is 0 Å². The Morgan fingerprint density at radius 3 is 2.63 bits per heavy atom. The Balaban J connectivity index is 2.22. The van der Waals surface area contributed by atoms with Crippen molar-refractivity contribution in [1.29, 1.82) is 0 Å². The largest absolute Gasteiger partial charge is 0.395 e. The van der Waals surface area contributed by atoms with Gasteiger partial charge in [0.15, 0.2) is 0 Å². The molecular weight excluding hydrogens is 242 g/mol. The van der Waals surface area contributed by atoms with Crippen molar-refractivity contribution in [3.05, 3.63) is 23.8 Å². The van der Waals surface area contributed by atoms with Crippen LogP contribution in [0.15, 0.2) is 18.2 Å². The first-order chi connectivity index (χ1) is 9.13. The number of fused-ring (bicyclic) bond motifs is 1. The third kappa shape index (κ3) is 2.98. The highest BCUT2D eigenvalue weighted by molar-refractivity contribution is 5.96. The van der Waals surface area contributed by atoms with Crippen LogP contribution in [0.1, 0.15) is 24.2 Å². The highest BCUT2D eigenvalue weighted by atomic mass is 16.3. The Kier molecular flexibility index (Phi) is 4.27. The van der Waals surface area contributed by atoms with Gasteiger partial charge in [0, 0.05) is 31.2 Å². The molecule has 19 heavy (non-hydrogen) atoms. The zero-order chi connectivity index (χ0) is 13.8. The van der Waals surface area contributed by atoms with Gasteiger partial charge in [-0.2, -0.15) is 0 Å². The van der Waals surface area contributed by atoms with Crippen LogP contribution in [0.5, 0.6) is 0 Å². The zero-order valence-corrected chi connectivity index (χ0v) is 11.4. The van der Waals surface area contributed by atoms with Crippen molar-refractivity contribution in [2.45, 2.75) is 19.9 Å². The minimum absolute atomic E-state index is 0.0192. The third-order valence-corrected chi connectivity index (χ3v) is 3.25. The molecule has 1 aromatic carbocycles. The van der Waals surface area contributed by atoms with Crippen molar-refractivity contribution in [3.8, 4) is 0 Å². The second kappa shape index (κ2) is 5.93. The first kappa shape index (κ1) is 13.7. The molecule has 0 spiro atoms. The molecule has 0 radical (unpaired) electrons. The number of hydrogen-bond acceptors (Lipinski definition) is 4. The fraction of sp³-hybridized carbons (Fsp3) is 0.500. The molecule has 0 fully saturated rings. The van der Waals surface area contributed by atoms with E-state index in [4.69, 9.17) is 5.11 Å². The fourth-order valence-electron chi connectivity index (χ4n) is 2.24. The lowest BCUT2D eigenvalue weighted by molar-refractivity contribution is 0.0665. The number of anilines is 2. The van der Waals surface area contributed by atoms with Crippen LogP contribution in [-0.2, 0) is 0 Å². The number of nitrogens with zero attached hydrogens (tertiary/aromatic N) is 1. The zero-order valence-electron chi connectivity index (χ0n) is 11.4. The monoisotopic (exact) mass is 263 g/mol. The van der Waals surface area contributed by atoms with Gasteiger partial charge in [-0.25, -0.2) is 0 Å². The molecule has 2 rings (SSSR count). The molecule has 0 atom stereocenters. The molecule has 0 unspecified atom stereocenters. The summed E-state index contributed by atoms with van der Waals surface area (Å²) in [6.07, 6.45) is 0. The molecule has 104 valence electrons. The van der Waals surface area contributed by atoms with E-state index in [1.54, 1.807) is 4.90 Å². The predicted molar refractivity (Wildman–Crippen MR) is 76.7 cm³/mol. The second-order valence-electron chi connectivity index (χ2n) is 4.93. The molecule has 0 aromatic heterocycles. The highest BCUT2D eigenvalue weighted by Gasteiger charge is 2.19. The average molecular weight is 263 g/mol. The first-order valence-electron chi connectivity index (χ1n) is 6.67. The Morgan fingerprint density at radius 2 is 2.00 bits per heavy atom. The van der Waals surface area contributed by atoms with Gasteiger partial charge in [0.2, 0.25) is 0 Å². The second-order valence-corrected chi connectivity index (χ2v) is 4.93. The highest BCUT2D eigenvalue weighted by Crippen LogP contribution is 2.26. The summed E-state index contributed by atoms with van der Waals surface area (Å²) in [5.41, 5.74) is 2.64. The van der Waals surface area contributed by atoms with E-state index in [-0.39, 0.29) is 18.6 Å². The summed E-state index contributed by atoms with van der Waals surface area (Å²) in [5.74, 6) is -0.0424. The van der Waals surface area contributed by atoms with Crippen molar-refractivity contribution in [3.63, 3.8) is 0 Å². The van der Waals surface area contributed by atoms with Gasteiger partial charge in [0.05, 0.1) is 18.0 Å². The maximum atomic E-state index is 12.4. The molecule has 1 aliphatic heterocycles. The van der Waals surface area contributed by atoms with Crippen LogP contribution in [0.25, 0.3) is 0 Å². The minimum atomic E-state index is -0.0424. The van der Waals surface area contributed by atoms with E-state index in [9.17, 15) is 4.79 Å². The van der Waals surface area contributed by atoms with Crippen LogP contribution in [0, 0.1) is 0 Å². The van der Waals surface area contributed by atoms with Gasteiger partial charge in [-0.3, -0.25) is 4.79 Å². The lowest BCUT2D eigenvalue weighted by atomic mass is 10.1. The quantitative estimate of drug-likeness (QED) is 0.767. The lowest BCUT2D eigenvalue weighted by Gasteiger charge is -2.27. The van der Waals surface area contributed by atoms with Crippen LogP contribution in [0.4, 0.5) is 11.4 Å². The molecule has 3 N–H and O–H groups in total. The van der Waals surface area contributed by atoms with Gasteiger partial charge in [0.1, 0.15) is 0 Å².